The van der Waals surface area contributed by atoms with E-state index in [9.17, 15) is 0 Å². The summed E-state index contributed by atoms with van der Waals surface area (Å²) in [5, 5.41) is 7.56. The highest BCUT2D eigenvalue weighted by Gasteiger charge is 2.24. The van der Waals surface area contributed by atoms with Crippen LogP contribution in [-0.4, -0.2) is 29.9 Å². The van der Waals surface area contributed by atoms with E-state index < -0.39 is 0 Å². The van der Waals surface area contributed by atoms with Crippen LogP contribution < -0.4 is 5.32 Å². The Bertz CT molecular complexity index is 380. The van der Waals surface area contributed by atoms with E-state index in [-0.39, 0.29) is 6.04 Å². The summed E-state index contributed by atoms with van der Waals surface area (Å²) >= 11 is 0. The fourth-order valence-corrected chi connectivity index (χ4v) is 2.99. The second kappa shape index (κ2) is 6.48. The summed E-state index contributed by atoms with van der Waals surface area (Å²) in [6, 6.07) is 0.0727. The minimum atomic E-state index is 0.0727. The third-order valence-electron chi connectivity index (χ3n) is 4.15. The topological polar surface area (TPSA) is 60.2 Å². The Hall–Kier alpha value is -0.940. The number of hydrogen-bond acceptors (Lipinski definition) is 5. The molecule has 0 spiro atoms. The Labute approximate surface area is 114 Å². The van der Waals surface area contributed by atoms with Crippen LogP contribution in [0.5, 0.6) is 0 Å². The van der Waals surface area contributed by atoms with Crippen molar-refractivity contribution in [2.24, 2.45) is 0 Å². The van der Waals surface area contributed by atoms with Crippen molar-refractivity contribution in [2.75, 3.05) is 19.8 Å². The highest BCUT2D eigenvalue weighted by atomic mass is 16.5. The molecule has 1 N–H and O–H groups in total. The van der Waals surface area contributed by atoms with Gasteiger partial charge in [0.25, 0.3) is 0 Å². The molecule has 5 nitrogen and oxygen atoms in total. The second-order valence-corrected chi connectivity index (χ2v) is 5.61. The van der Waals surface area contributed by atoms with Crippen molar-refractivity contribution < 1.29 is 9.26 Å². The van der Waals surface area contributed by atoms with Crippen LogP contribution in [-0.2, 0) is 4.74 Å². The average Bonchev–Trinajstić information content (AvgIpc) is 2.89. The lowest BCUT2D eigenvalue weighted by atomic mass is 9.91. The van der Waals surface area contributed by atoms with Crippen molar-refractivity contribution in [1.29, 1.82) is 0 Å². The van der Waals surface area contributed by atoms with Crippen LogP contribution in [0, 0.1) is 0 Å². The molecule has 0 amide bonds. The van der Waals surface area contributed by atoms with Crippen LogP contribution in [0.1, 0.15) is 68.6 Å². The maximum absolute atomic E-state index is 5.44. The average molecular weight is 265 g/mol. The van der Waals surface area contributed by atoms with E-state index in [1.54, 1.807) is 0 Å². The van der Waals surface area contributed by atoms with Gasteiger partial charge in [-0.1, -0.05) is 37.3 Å². The molecule has 0 bridgehead atoms. The Balaban J connectivity index is 1.65. The zero-order valence-corrected chi connectivity index (χ0v) is 11.4. The first-order valence-electron chi connectivity index (χ1n) is 7.58. The molecule has 0 radical (unpaired) electrons. The molecule has 1 saturated heterocycles. The van der Waals surface area contributed by atoms with Gasteiger partial charge in [-0.2, -0.15) is 4.98 Å². The van der Waals surface area contributed by atoms with E-state index in [0.717, 1.165) is 19.0 Å². The monoisotopic (exact) mass is 265 g/mol. The maximum Gasteiger partial charge on any atom is 0.246 e. The third-order valence-corrected chi connectivity index (χ3v) is 4.15. The molecule has 1 atom stereocenters. The fraction of sp³-hybridized carbons (Fsp3) is 0.857. The van der Waals surface area contributed by atoms with Gasteiger partial charge in [0.15, 0.2) is 5.82 Å². The van der Waals surface area contributed by atoms with Crippen molar-refractivity contribution in [1.82, 2.24) is 15.5 Å². The third kappa shape index (κ3) is 3.34. The highest BCUT2D eigenvalue weighted by Crippen LogP contribution is 2.29. The maximum atomic E-state index is 5.44. The van der Waals surface area contributed by atoms with E-state index in [1.807, 2.05) is 0 Å². The molecular formula is C14H23N3O2. The number of morpholine rings is 1. The van der Waals surface area contributed by atoms with Gasteiger partial charge in [-0.15, -0.1) is 0 Å². The van der Waals surface area contributed by atoms with Gasteiger partial charge in [0, 0.05) is 12.5 Å². The van der Waals surface area contributed by atoms with Gasteiger partial charge in [0.2, 0.25) is 5.89 Å². The van der Waals surface area contributed by atoms with Crippen LogP contribution in [0.4, 0.5) is 0 Å². The van der Waals surface area contributed by atoms with Crippen LogP contribution in [0.2, 0.25) is 0 Å². The van der Waals surface area contributed by atoms with Crippen molar-refractivity contribution in [3.05, 3.63) is 11.7 Å². The SMILES string of the molecule is C1CCCC(c2noc(C3COCCN3)n2)CCC1. The lowest BCUT2D eigenvalue weighted by Crippen LogP contribution is -2.34. The minimum Gasteiger partial charge on any atom is -0.378 e. The van der Waals surface area contributed by atoms with Gasteiger partial charge in [-0.05, 0) is 12.8 Å². The van der Waals surface area contributed by atoms with Gasteiger partial charge in [-0.25, -0.2) is 0 Å². The number of rotatable bonds is 2. The smallest absolute Gasteiger partial charge is 0.246 e. The fourth-order valence-electron chi connectivity index (χ4n) is 2.99. The van der Waals surface area contributed by atoms with Crippen molar-refractivity contribution >= 4 is 0 Å². The normalized spacial score (nSPS) is 26.8. The van der Waals surface area contributed by atoms with Gasteiger partial charge in [-0.3, -0.25) is 0 Å². The van der Waals surface area contributed by atoms with Crippen LogP contribution in [0.25, 0.3) is 0 Å². The van der Waals surface area contributed by atoms with E-state index >= 15 is 0 Å². The van der Waals surface area contributed by atoms with Gasteiger partial charge in [0.05, 0.1) is 13.2 Å². The zero-order valence-electron chi connectivity index (χ0n) is 11.4. The molecule has 106 valence electrons. The molecule has 1 aliphatic heterocycles. The molecule has 2 heterocycles. The number of nitrogens with zero attached hydrogens (tertiary/aromatic N) is 2. The molecule has 1 aliphatic carbocycles. The lowest BCUT2D eigenvalue weighted by Gasteiger charge is -2.20. The molecule has 5 heteroatoms. The van der Waals surface area contributed by atoms with E-state index in [0.29, 0.717) is 18.4 Å². The Kier molecular flexibility index (Phi) is 4.45. The van der Waals surface area contributed by atoms with Crippen molar-refractivity contribution in [3.8, 4) is 0 Å². The molecule has 19 heavy (non-hydrogen) atoms. The number of hydrogen-bond donors (Lipinski definition) is 1. The summed E-state index contributed by atoms with van der Waals surface area (Å²) in [6.07, 6.45) is 9.06. The van der Waals surface area contributed by atoms with E-state index in [4.69, 9.17) is 9.26 Å². The number of aromatic nitrogens is 2. The summed E-state index contributed by atoms with van der Waals surface area (Å²) in [6.45, 7) is 2.25. The standard InChI is InChI=1S/C14H23N3O2/c1-2-4-6-11(7-5-3-1)13-16-14(19-17-13)12-10-18-9-8-15-12/h11-12,15H,1-10H2. The summed E-state index contributed by atoms with van der Waals surface area (Å²) < 4.78 is 10.9. The molecule has 0 aromatic carbocycles. The summed E-state index contributed by atoms with van der Waals surface area (Å²) in [5.74, 6) is 2.09. The predicted molar refractivity (Wildman–Crippen MR) is 70.9 cm³/mol. The predicted octanol–water partition coefficient (Wildman–Crippen LogP) is 2.56. The zero-order chi connectivity index (χ0) is 12.9. The molecule has 1 aromatic rings. The lowest BCUT2D eigenvalue weighted by molar-refractivity contribution is 0.0659. The van der Waals surface area contributed by atoms with Crippen molar-refractivity contribution in [2.45, 2.75) is 56.9 Å². The molecule has 2 fully saturated rings. The first kappa shape index (κ1) is 13.1. The summed E-state index contributed by atoms with van der Waals surface area (Å²) in [4.78, 5) is 4.61. The summed E-state index contributed by atoms with van der Waals surface area (Å²) in [7, 11) is 0. The molecule has 1 saturated carbocycles. The summed E-state index contributed by atoms with van der Waals surface area (Å²) in [5.41, 5.74) is 0. The Morgan fingerprint density at radius 1 is 1.05 bits per heavy atom. The minimum absolute atomic E-state index is 0.0727. The number of ether oxygens (including phenoxy) is 1. The van der Waals surface area contributed by atoms with E-state index in [2.05, 4.69) is 15.5 Å². The quantitative estimate of drug-likeness (QED) is 0.890. The molecular weight excluding hydrogens is 242 g/mol. The second-order valence-electron chi connectivity index (χ2n) is 5.61. The van der Waals surface area contributed by atoms with E-state index in [1.165, 1.54) is 44.9 Å². The highest BCUT2D eigenvalue weighted by molar-refractivity contribution is 4.99. The number of nitrogens with one attached hydrogen (secondary N) is 1. The van der Waals surface area contributed by atoms with Crippen LogP contribution in [0.15, 0.2) is 4.52 Å². The Morgan fingerprint density at radius 3 is 2.58 bits per heavy atom. The molecule has 2 aliphatic rings. The largest absolute Gasteiger partial charge is 0.378 e. The van der Waals surface area contributed by atoms with Crippen molar-refractivity contribution in [3.63, 3.8) is 0 Å². The van der Waals surface area contributed by atoms with Gasteiger partial charge < -0.3 is 14.6 Å². The first-order chi connectivity index (χ1) is 9.43. The first-order valence-corrected chi connectivity index (χ1v) is 7.58. The van der Waals surface area contributed by atoms with Crippen LogP contribution >= 0.6 is 0 Å². The Morgan fingerprint density at radius 2 is 1.84 bits per heavy atom. The molecule has 3 rings (SSSR count). The van der Waals surface area contributed by atoms with Gasteiger partial charge in [0.1, 0.15) is 6.04 Å². The molecule has 1 unspecified atom stereocenters. The van der Waals surface area contributed by atoms with Gasteiger partial charge >= 0.3 is 0 Å². The molecule has 1 aromatic heterocycles. The van der Waals surface area contributed by atoms with Crippen LogP contribution in [0.3, 0.4) is 0 Å².